The summed E-state index contributed by atoms with van der Waals surface area (Å²) in [5.74, 6) is -1.92. The highest BCUT2D eigenvalue weighted by Gasteiger charge is 2.16. The Bertz CT molecular complexity index is 624. The summed E-state index contributed by atoms with van der Waals surface area (Å²) in [4.78, 5) is 39.2. The van der Waals surface area contributed by atoms with Gasteiger partial charge in [-0.05, 0) is 51.8 Å². The molecule has 0 heterocycles. The fourth-order valence-corrected chi connectivity index (χ4v) is 2.03. The largest absolute Gasteiger partial charge is 0.507 e. The number of carboxylic acids is 1. The van der Waals surface area contributed by atoms with Crippen LogP contribution in [-0.2, 0) is 14.4 Å². The number of anilines is 1. The summed E-state index contributed by atoms with van der Waals surface area (Å²) in [6, 6.07) is 3.83. The van der Waals surface area contributed by atoms with E-state index in [-0.39, 0.29) is 23.6 Å². The van der Waals surface area contributed by atoms with Crippen LogP contribution in [0.1, 0.15) is 50.4 Å². The third-order valence-corrected chi connectivity index (χ3v) is 3.05. The summed E-state index contributed by atoms with van der Waals surface area (Å²) in [5.41, 5.74) is -0.455. The normalized spacial score (nSPS) is 11.0. The molecule has 8 heteroatoms. The van der Waals surface area contributed by atoms with E-state index in [1.165, 1.54) is 23.3 Å². The molecular weight excluding hydrogens is 328 g/mol. The Morgan fingerprint density at radius 3 is 2.52 bits per heavy atom. The van der Waals surface area contributed by atoms with E-state index in [4.69, 9.17) is 9.94 Å². The molecular formula is C17H24N2O6. The zero-order valence-electron chi connectivity index (χ0n) is 14.6. The Labute approximate surface area is 146 Å². The third-order valence-electron chi connectivity index (χ3n) is 3.05. The van der Waals surface area contributed by atoms with Gasteiger partial charge in [0.1, 0.15) is 11.3 Å². The van der Waals surface area contributed by atoms with Gasteiger partial charge < -0.3 is 15.5 Å². The van der Waals surface area contributed by atoms with Crippen LogP contribution >= 0.6 is 0 Å². The Morgan fingerprint density at radius 1 is 1.28 bits per heavy atom. The first-order chi connectivity index (χ1) is 11.6. The quantitative estimate of drug-likeness (QED) is 0.272. The molecule has 0 bridgehead atoms. The number of rotatable bonds is 9. The Kier molecular flexibility index (Phi) is 7.38. The second kappa shape index (κ2) is 9.03. The molecule has 0 aliphatic rings. The molecule has 0 aromatic heterocycles. The maximum atomic E-state index is 11.9. The molecule has 0 spiro atoms. The average molecular weight is 352 g/mol. The van der Waals surface area contributed by atoms with Crippen LogP contribution in [0.5, 0.6) is 5.75 Å². The Balaban J connectivity index is 2.42. The SMILES string of the molecule is CC(C)(C)ON(C=O)CCCCC(=O)Nc1ccc(O)c(C(=O)O)c1. The highest BCUT2D eigenvalue weighted by Crippen LogP contribution is 2.21. The molecule has 0 fully saturated rings. The fraction of sp³-hybridized carbons (Fsp3) is 0.471. The number of phenols is 1. The van der Waals surface area contributed by atoms with Crippen LogP contribution < -0.4 is 5.32 Å². The van der Waals surface area contributed by atoms with E-state index in [1.807, 2.05) is 20.8 Å². The molecule has 8 nitrogen and oxygen atoms in total. The summed E-state index contributed by atoms with van der Waals surface area (Å²) in [5, 5.41) is 22.1. The number of hydroxylamine groups is 2. The van der Waals surface area contributed by atoms with Crippen molar-refractivity contribution in [2.45, 2.75) is 45.6 Å². The maximum Gasteiger partial charge on any atom is 0.339 e. The van der Waals surface area contributed by atoms with Gasteiger partial charge in [0.05, 0.1) is 5.60 Å². The van der Waals surface area contributed by atoms with Gasteiger partial charge in [-0.25, -0.2) is 9.86 Å². The number of carbonyl (C=O) groups excluding carboxylic acids is 2. The Hall–Kier alpha value is -2.61. The molecule has 0 saturated heterocycles. The van der Waals surface area contributed by atoms with E-state index < -0.39 is 11.6 Å². The van der Waals surface area contributed by atoms with Gasteiger partial charge in [0.2, 0.25) is 12.3 Å². The van der Waals surface area contributed by atoms with Crippen LogP contribution in [0.2, 0.25) is 0 Å². The van der Waals surface area contributed by atoms with E-state index in [0.717, 1.165) is 0 Å². The molecule has 1 rings (SSSR count). The van der Waals surface area contributed by atoms with Crippen molar-refractivity contribution in [2.24, 2.45) is 0 Å². The molecule has 0 aliphatic carbocycles. The zero-order valence-corrected chi connectivity index (χ0v) is 14.6. The molecule has 0 saturated carbocycles. The van der Waals surface area contributed by atoms with Crippen molar-refractivity contribution >= 4 is 24.0 Å². The van der Waals surface area contributed by atoms with Gasteiger partial charge in [-0.3, -0.25) is 14.4 Å². The molecule has 3 N–H and O–H groups in total. The summed E-state index contributed by atoms with van der Waals surface area (Å²) in [7, 11) is 0. The summed E-state index contributed by atoms with van der Waals surface area (Å²) >= 11 is 0. The van der Waals surface area contributed by atoms with E-state index in [9.17, 15) is 19.5 Å². The second-order valence-corrected chi connectivity index (χ2v) is 6.49. The van der Waals surface area contributed by atoms with Crippen LogP contribution in [0.25, 0.3) is 0 Å². The van der Waals surface area contributed by atoms with Crippen molar-refractivity contribution in [2.75, 3.05) is 11.9 Å². The minimum absolute atomic E-state index is 0.214. The van der Waals surface area contributed by atoms with Gasteiger partial charge in [-0.2, -0.15) is 0 Å². The van der Waals surface area contributed by atoms with E-state index in [0.29, 0.717) is 31.5 Å². The number of aromatic hydroxyl groups is 1. The minimum atomic E-state index is -1.28. The number of benzene rings is 1. The zero-order chi connectivity index (χ0) is 19.0. The van der Waals surface area contributed by atoms with E-state index in [1.54, 1.807) is 0 Å². The van der Waals surface area contributed by atoms with Crippen molar-refractivity contribution in [3.8, 4) is 5.75 Å². The van der Waals surface area contributed by atoms with Crippen LogP contribution in [0, 0.1) is 0 Å². The number of nitrogens with zero attached hydrogens (tertiary/aromatic N) is 1. The number of amides is 2. The molecule has 0 atom stereocenters. The van der Waals surface area contributed by atoms with Gasteiger partial charge in [0, 0.05) is 18.7 Å². The molecule has 138 valence electrons. The Morgan fingerprint density at radius 2 is 1.96 bits per heavy atom. The third kappa shape index (κ3) is 7.67. The first kappa shape index (κ1) is 20.4. The number of carbonyl (C=O) groups is 3. The van der Waals surface area contributed by atoms with Crippen molar-refractivity contribution < 1.29 is 29.4 Å². The average Bonchev–Trinajstić information content (AvgIpc) is 2.50. The number of unbranched alkanes of at least 4 members (excludes halogenated alkanes) is 1. The highest BCUT2D eigenvalue weighted by molar-refractivity contribution is 5.95. The maximum absolute atomic E-state index is 11.9. The molecule has 0 aliphatic heterocycles. The van der Waals surface area contributed by atoms with E-state index >= 15 is 0 Å². The van der Waals surface area contributed by atoms with Crippen LogP contribution in [0.15, 0.2) is 18.2 Å². The molecule has 1 aromatic carbocycles. The monoisotopic (exact) mass is 352 g/mol. The summed E-state index contributed by atoms with van der Waals surface area (Å²) in [6.07, 6.45) is 1.94. The predicted molar refractivity (Wildman–Crippen MR) is 91.2 cm³/mol. The molecule has 0 unspecified atom stereocenters. The lowest BCUT2D eigenvalue weighted by Gasteiger charge is -2.26. The lowest BCUT2D eigenvalue weighted by atomic mass is 10.1. The van der Waals surface area contributed by atoms with Gasteiger partial charge in [-0.15, -0.1) is 0 Å². The van der Waals surface area contributed by atoms with Crippen molar-refractivity contribution in [1.29, 1.82) is 0 Å². The number of aromatic carboxylic acids is 1. The number of hydrogen-bond acceptors (Lipinski definition) is 5. The van der Waals surface area contributed by atoms with Crippen molar-refractivity contribution in [3.05, 3.63) is 23.8 Å². The van der Waals surface area contributed by atoms with Gasteiger partial charge in [0.15, 0.2) is 0 Å². The van der Waals surface area contributed by atoms with Crippen LogP contribution in [0.3, 0.4) is 0 Å². The van der Waals surface area contributed by atoms with Crippen molar-refractivity contribution in [3.63, 3.8) is 0 Å². The number of hydrogen-bond donors (Lipinski definition) is 3. The highest BCUT2D eigenvalue weighted by atomic mass is 16.7. The lowest BCUT2D eigenvalue weighted by Crippen LogP contribution is -2.33. The van der Waals surface area contributed by atoms with Crippen molar-refractivity contribution in [1.82, 2.24) is 5.06 Å². The fourth-order valence-electron chi connectivity index (χ4n) is 2.03. The molecule has 0 radical (unpaired) electrons. The number of carboxylic acid groups (broad SMARTS) is 1. The smallest absolute Gasteiger partial charge is 0.339 e. The van der Waals surface area contributed by atoms with Gasteiger partial charge in [0.25, 0.3) is 0 Å². The molecule has 1 aromatic rings. The predicted octanol–water partition coefficient (Wildman–Crippen LogP) is 2.39. The van der Waals surface area contributed by atoms with E-state index in [2.05, 4.69) is 5.32 Å². The van der Waals surface area contributed by atoms with Gasteiger partial charge in [-0.1, -0.05) is 0 Å². The second-order valence-electron chi connectivity index (χ2n) is 6.49. The standard InChI is InChI=1S/C17H24N2O6/c1-17(2,3)25-19(11-20)9-5-4-6-15(22)18-12-7-8-14(21)13(10-12)16(23)24/h7-8,10-11,21H,4-6,9H2,1-3H3,(H,18,22)(H,23,24). The molecule has 25 heavy (non-hydrogen) atoms. The van der Waals surface area contributed by atoms with Crippen LogP contribution in [-0.4, -0.2) is 45.7 Å². The minimum Gasteiger partial charge on any atom is -0.507 e. The van der Waals surface area contributed by atoms with Crippen LogP contribution in [0.4, 0.5) is 5.69 Å². The van der Waals surface area contributed by atoms with Gasteiger partial charge >= 0.3 is 5.97 Å². The topological polar surface area (TPSA) is 116 Å². The number of nitrogens with one attached hydrogen (secondary N) is 1. The summed E-state index contributed by atoms with van der Waals surface area (Å²) in [6.45, 7) is 5.87. The summed E-state index contributed by atoms with van der Waals surface area (Å²) < 4.78 is 0. The first-order valence-electron chi connectivity index (χ1n) is 7.89. The lowest BCUT2D eigenvalue weighted by molar-refractivity contribution is -0.216. The molecule has 2 amide bonds. The first-order valence-corrected chi connectivity index (χ1v) is 7.89.